The van der Waals surface area contributed by atoms with Crippen molar-refractivity contribution in [2.45, 2.75) is 44.9 Å². The van der Waals surface area contributed by atoms with Gasteiger partial charge >= 0.3 is 0 Å². The Morgan fingerprint density at radius 3 is 2.04 bits per heavy atom. The fraction of sp³-hybridized carbons (Fsp3) is 0.600. The second-order valence-electron chi connectivity index (χ2n) is 8.30. The number of halogens is 1. The molecule has 5 rings (SSSR count). The molecule has 134 valence electrons. The van der Waals surface area contributed by atoms with Crippen LogP contribution in [0, 0.1) is 23.2 Å². The van der Waals surface area contributed by atoms with Gasteiger partial charge in [0.1, 0.15) is 0 Å². The van der Waals surface area contributed by atoms with Gasteiger partial charge in [-0.2, -0.15) is 0 Å². The lowest BCUT2D eigenvalue weighted by Crippen LogP contribution is -2.46. The van der Waals surface area contributed by atoms with Gasteiger partial charge in [0.2, 0.25) is 0 Å². The monoisotopic (exact) mass is 361 g/mol. The molecule has 1 aromatic rings. The minimum atomic E-state index is -0.529. The van der Waals surface area contributed by atoms with E-state index in [1.54, 1.807) is 24.3 Å². The molecule has 4 saturated carbocycles. The minimum absolute atomic E-state index is 0.293. The van der Waals surface area contributed by atoms with Crippen LogP contribution in [-0.4, -0.2) is 17.8 Å². The van der Waals surface area contributed by atoms with Crippen LogP contribution in [0.3, 0.4) is 0 Å². The predicted molar refractivity (Wildman–Crippen MR) is 95.3 cm³/mol. The number of hydroxylamine groups is 1. The van der Waals surface area contributed by atoms with Crippen LogP contribution in [0.2, 0.25) is 0 Å². The van der Waals surface area contributed by atoms with E-state index in [-0.39, 0.29) is 5.91 Å². The summed E-state index contributed by atoms with van der Waals surface area (Å²) < 4.78 is 0. The van der Waals surface area contributed by atoms with Gasteiger partial charge in [0.15, 0.2) is 0 Å². The number of hydrogen-bond acceptors (Lipinski definition) is 3. The highest BCUT2D eigenvalue weighted by Gasteiger charge is 2.50. The fourth-order valence-electron chi connectivity index (χ4n) is 5.79. The molecule has 4 aliphatic rings. The summed E-state index contributed by atoms with van der Waals surface area (Å²) in [5.74, 6) is 2.51. The summed E-state index contributed by atoms with van der Waals surface area (Å²) in [6.07, 6.45) is 9.42. The van der Waals surface area contributed by atoms with E-state index in [0.717, 1.165) is 24.2 Å². The Bertz CT molecular complexity index is 635. The summed E-state index contributed by atoms with van der Waals surface area (Å²) >= 11 is 5.40. The molecule has 4 aliphatic carbocycles. The Kier molecular flexibility index (Phi) is 4.59. The van der Waals surface area contributed by atoms with Crippen molar-refractivity contribution in [2.75, 3.05) is 6.61 Å². The van der Waals surface area contributed by atoms with Gasteiger partial charge in [-0.05, 0) is 104 Å². The van der Waals surface area contributed by atoms with Crippen LogP contribution in [0.5, 0.6) is 0 Å². The standard InChI is InChI=1S/C20H24ClNO3/c21-18(23)16-1-3-17(4-2-16)19(24)22-25-6-5-20-10-13-7-14(11-20)9-15(8-13)12-20/h1-4,13-15H,5-12H2,(H,22,24). The highest BCUT2D eigenvalue weighted by molar-refractivity contribution is 6.67. The second kappa shape index (κ2) is 6.73. The van der Waals surface area contributed by atoms with Crippen molar-refractivity contribution >= 4 is 22.8 Å². The van der Waals surface area contributed by atoms with Gasteiger partial charge in [0, 0.05) is 11.1 Å². The molecule has 0 saturated heterocycles. The average Bonchev–Trinajstić information content (AvgIpc) is 2.57. The third-order valence-corrected chi connectivity index (χ3v) is 6.66. The SMILES string of the molecule is O=C(Cl)c1ccc(C(=O)NOCCC23CC4CC(CC(C4)C2)C3)cc1. The molecule has 4 fully saturated rings. The van der Waals surface area contributed by atoms with Crippen molar-refractivity contribution in [1.82, 2.24) is 5.48 Å². The van der Waals surface area contributed by atoms with E-state index < -0.39 is 5.24 Å². The quantitative estimate of drug-likeness (QED) is 0.466. The normalized spacial score (nSPS) is 32.6. The lowest BCUT2D eigenvalue weighted by Gasteiger charge is -2.57. The van der Waals surface area contributed by atoms with Crippen LogP contribution < -0.4 is 5.48 Å². The molecule has 5 heteroatoms. The molecule has 4 bridgehead atoms. The molecule has 0 spiro atoms. The molecule has 0 aliphatic heterocycles. The maximum atomic E-state index is 12.1. The van der Waals surface area contributed by atoms with Crippen LogP contribution >= 0.6 is 11.6 Å². The Hall–Kier alpha value is -1.39. The fourth-order valence-corrected chi connectivity index (χ4v) is 5.92. The summed E-state index contributed by atoms with van der Waals surface area (Å²) in [5, 5.41) is -0.529. The van der Waals surface area contributed by atoms with E-state index in [4.69, 9.17) is 16.4 Å². The van der Waals surface area contributed by atoms with Crippen LogP contribution in [0.25, 0.3) is 0 Å². The summed E-state index contributed by atoms with van der Waals surface area (Å²) in [6.45, 7) is 0.566. The largest absolute Gasteiger partial charge is 0.276 e. The highest BCUT2D eigenvalue weighted by atomic mass is 35.5. The third kappa shape index (κ3) is 3.61. The Morgan fingerprint density at radius 2 is 1.52 bits per heavy atom. The van der Waals surface area contributed by atoms with E-state index in [2.05, 4.69) is 5.48 Å². The van der Waals surface area contributed by atoms with Crippen molar-refractivity contribution in [3.05, 3.63) is 35.4 Å². The molecule has 1 amide bonds. The molecular weight excluding hydrogens is 338 g/mol. The van der Waals surface area contributed by atoms with Gasteiger partial charge in [0.25, 0.3) is 11.1 Å². The topological polar surface area (TPSA) is 55.4 Å². The lowest BCUT2D eigenvalue weighted by atomic mass is 9.49. The first-order valence-corrected chi connectivity index (χ1v) is 9.63. The van der Waals surface area contributed by atoms with E-state index in [1.807, 2.05) is 0 Å². The third-order valence-electron chi connectivity index (χ3n) is 6.44. The van der Waals surface area contributed by atoms with Crippen LogP contribution in [-0.2, 0) is 4.84 Å². The minimum Gasteiger partial charge on any atom is -0.276 e. The molecule has 1 N–H and O–H groups in total. The molecule has 0 heterocycles. The molecule has 0 unspecified atom stereocenters. The summed E-state index contributed by atoms with van der Waals surface area (Å²) in [6, 6.07) is 6.24. The number of hydrogen-bond donors (Lipinski definition) is 1. The summed E-state index contributed by atoms with van der Waals surface area (Å²) in [7, 11) is 0. The Morgan fingerprint density at radius 1 is 1.00 bits per heavy atom. The van der Waals surface area contributed by atoms with E-state index >= 15 is 0 Å². The van der Waals surface area contributed by atoms with Crippen LogP contribution in [0.1, 0.15) is 65.7 Å². The zero-order chi connectivity index (χ0) is 17.4. The van der Waals surface area contributed by atoms with Gasteiger partial charge in [-0.3, -0.25) is 14.4 Å². The maximum absolute atomic E-state index is 12.1. The van der Waals surface area contributed by atoms with Crippen molar-refractivity contribution in [1.29, 1.82) is 0 Å². The second-order valence-corrected chi connectivity index (χ2v) is 8.64. The Labute approximate surface area is 153 Å². The Balaban J connectivity index is 1.25. The van der Waals surface area contributed by atoms with Gasteiger partial charge in [-0.1, -0.05) is 0 Å². The number of benzene rings is 1. The predicted octanol–water partition coefficient (Wildman–Crippen LogP) is 4.33. The van der Waals surface area contributed by atoms with Gasteiger partial charge in [-0.15, -0.1) is 0 Å². The molecule has 1 aromatic carbocycles. The van der Waals surface area contributed by atoms with Crippen LogP contribution in [0.15, 0.2) is 24.3 Å². The van der Waals surface area contributed by atoms with Crippen molar-refractivity contribution in [3.63, 3.8) is 0 Å². The molecule has 0 aromatic heterocycles. The molecular formula is C20H24ClNO3. The zero-order valence-electron chi connectivity index (χ0n) is 14.3. The van der Waals surface area contributed by atoms with E-state index in [0.29, 0.717) is 23.1 Å². The average molecular weight is 362 g/mol. The van der Waals surface area contributed by atoms with Crippen LogP contribution in [0.4, 0.5) is 0 Å². The van der Waals surface area contributed by atoms with Gasteiger partial charge in [0.05, 0.1) is 6.61 Å². The number of rotatable bonds is 6. The molecule has 4 nitrogen and oxygen atoms in total. The first-order valence-electron chi connectivity index (χ1n) is 9.25. The van der Waals surface area contributed by atoms with Gasteiger partial charge in [-0.25, -0.2) is 5.48 Å². The summed E-state index contributed by atoms with van der Waals surface area (Å²) in [5.41, 5.74) is 3.81. The van der Waals surface area contributed by atoms with E-state index in [9.17, 15) is 9.59 Å². The van der Waals surface area contributed by atoms with Crippen molar-refractivity contribution in [2.24, 2.45) is 23.2 Å². The number of carbonyl (C=O) groups excluding carboxylic acids is 2. The first-order chi connectivity index (χ1) is 12.0. The smallest absolute Gasteiger partial charge is 0.274 e. The highest BCUT2D eigenvalue weighted by Crippen LogP contribution is 2.61. The lowest BCUT2D eigenvalue weighted by molar-refractivity contribution is -0.0751. The van der Waals surface area contributed by atoms with Crippen molar-refractivity contribution in [3.8, 4) is 0 Å². The number of amides is 1. The number of nitrogens with one attached hydrogen (secondary N) is 1. The summed E-state index contributed by atoms with van der Waals surface area (Å²) in [4.78, 5) is 28.6. The first kappa shape index (κ1) is 17.0. The zero-order valence-corrected chi connectivity index (χ0v) is 15.1. The van der Waals surface area contributed by atoms with Crippen molar-refractivity contribution < 1.29 is 14.4 Å². The number of carbonyl (C=O) groups is 2. The van der Waals surface area contributed by atoms with Gasteiger partial charge < -0.3 is 0 Å². The molecule has 0 radical (unpaired) electrons. The molecule has 25 heavy (non-hydrogen) atoms. The van der Waals surface area contributed by atoms with E-state index in [1.165, 1.54) is 38.5 Å². The maximum Gasteiger partial charge on any atom is 0.274 e. The molecule has 0 atom stereocenters.